The molecule has 13 aromatic rings. The van der Waals surface area contributed by atoms with Crippen LogP contribution in [0.5, 0.6) is 0 Å². The van der Waals surface area contributed by atoms with Crippen LogP contribution in [0.4, 0.5) is 0 Å². The van der Waals surface area contributed by atoms with Gasteiger partial charge < -0.3 is 8.98 Å². The summed E-state index contributed by atoms with van der Waals surface area (Å²) in [4.78, 5) is 16.3. The number of nitrogens with zero attached hydrogens (tertiary/aromatic N) is 4. The molecule has 0 radical (unpaired) electrons. The van der Waals surface area contributed by atoms with E-state index in [1.54, 1.807) is 0 Å². The van der Waals surface area contributed by atoms with Gasteiger partial charge in [-0.05, 0) is 92.7 Å². The molecule has 308 valence electrons. The van der Waals surface area contributed by atoms with Gasteiger partial charge in [-0.3, -0.25) is 0 Å². The number of para-hydroxylation sites is 2. The molecule has 0 fully saturated rings. The second-order valence-corrected chi connectivity index (χ2v) is 16.7. The first-order chi connectivity index (χ1) is 32.7. The van der Waals surface area contributed by atoms with Crippen molar-refractivity contribution in [2.45, 2.75) is 0 Å². The molecule has 0 aliphatic carbocycles. The Morgan fingerprint density at radius 1 is 0.303 bits per heavy atom. The van der Waals surface area contributed by atoms with Gasteiger partial charge in [-0.2, -0.15) is 0 Å². The molecule has 0 aliphatic heterocycles. The molecule has 0 unspecified atom stereocenters. The third-order valence-electron chi connectivity index (χ3n) is 12.9. The summed E-state index contributed by atoms with van der Waals surface area (Å²) in [5.41, 5.74) is 13.9. The topological polar surface area (TPSA) is 56.7 Å². The van der Waals surface area contributed by atoms with Crippen molar-refractivity contribution in [3.05, 3.63) is 231 Å². The van der Waals surface area contributed by atoms with Crippen molar-refractivity contribution in [1.82, 2.24) is 19.5 Å². The quantitative estimate of drug-likeness (QED) is 0.160. The zero-order chi connectivity index (χ0) is 43.6. The van der Waals surface area contributed by atoms with Crippen molar-refractivity contribution in [2.24, 2.45) is 0 Å². The average molecular weight is 843 g/mol. The molecular weight excluding hydrogens is 805 g/mol. The summed E-state index contributed by atoms with van der Waals surface area (Å²) < 4.78 is 8.93. The Morgan fingerprint density at radius 3 is 1.47 bits per heavy atom. The maximum Gasteiger partial charge on any atom is 0.164 e. The minimum atomic E-state index is 0.570. The predicted molar refractivity (Wildman–Crippen MR) is 272 cm³/mol. The lowest BCUT2D eigenvalue weighted by molar-refractivity contribution is 0.669. The number of hydrogen-bond donors (Lipinski definition) is 0. The van der Waals surface area contributed by atoms with E-state index in [-0.39, 0.29) is 0 Å². The molecule has 13 rings (SSSR count). The summed E-state index contributed by atoms with van der Waals surface area (Å²) in [5, 5.41) is 6.90. The maximum atomic E-state index is 6.54. The first kappa shape index (κ1) is 37.6. The van der Waals surface area contributed by atoms with Crippen molar-refractivity contribution >= 4 is 54.5 Å². The normalized spacial score (nSPS) is 11.6. The smallest absolute Gasteiger partial charge is 0.164 e. The Balaban J connectivity index is 1.12. The summed E-state index contributed by atoms with van der Waals surface area (Å²) in [7, 11) is 0. The summed E-state index contributed by atoms with van der Waals surface area (Å²) >= 11 is 0. The van der Waals surface area contributed by atoms with Gasteiger partial charge in [-0.15, -0.1) is 0 Å². The largest absolute Gasteiger partial charge is 0.456 e. The molecule has 5 heteroatoms. The first-order valence-electron chi connectivity index (χ1n) is 22.3. The van der Waals surface area contributed by atoms with Crippen molar-refractivity contribution < 1.29 is 4.42 Å². The predicted octanol–water partition coefficient (Wildman–Crippen LogP) is 16.0. The second-order valence-electron chi connectivity index (χ2n) is 16.7. The fourth-order valence-corrected chi connectivity index (χ4v) is 9.85. The van der Waals surface area contributed by atoms with Gasteiger partial charge in [0.05, 0.1) is 11.0 Å². The molecule has 0 N–H and O–H groups in total. The minimum Gasteiger partial charge on any atom is -0.456 e. The Hall–Kier alpha value is -8.93. The van der Waals surface area contributed by atoms with Crippen LogP contribution >= 0.6 is 0 Å². The third-order valence-corrected chi connectivity index (χ3v) is 12.9. The Labute approximate surface area is 380 Å². The number of aromatic nitrogens is 4. The summed E-state index contributed by atoms with van der Waals surface area (Å²) in [6.45, 7) is 0. The highest BCUT2D eigenvalue weighted by molar-refractivity contribution is 6.15. The van der Waals surface area contributed by atoms with E-state index < -0.39 is 0 Å². The molecule has 0 spiro atoms. The van der Waals surface area contributed by atoms with Gasteiger partial charge in [0.25, 0.3) is 0 Å². The molecule has 0 saturated carbocycles. The van der Waals surface area contributed by atoms with Crippen LogP contribution in [0.3, 0.4) is 0 Å². The van der Waals surface area contributed by atoms with Crippen LogP contribution in [-0.2, 0) is 0 Å². The minimum absolute atomic E-state index is 0.570. The molecule has 5 nitrogen and oxygen atoms in total. The van der Waals surface area contributed by atoms with E-state index in [0.29, 0.717) is 17.5 Å². The van der Waals surface area contributed by atoms with Crippen LogP contribution in [0.25, 0.3) is 128 Å². The zero-order valence-electron chi connectivity index (χ0n) is 35.6. The van der Waals surface area contributed by atoms with Gasteiger partial charge in [0.2, 0.25) is 0 Å². The van der Waals surface area contributed by atoms with E-state index in [1.807, 2.05) is 24.3 Å². The Morgan fingerprint density at radius 2 is 0.803 bits per heavy atom. The van der Waals surface area contributed by atoms with Gasteiger partial charge in [-0.1, -0.05) is 182 Å². The van der Waals surface area contributed by atoms with Crippen LogP contribution in [0.1, 0.15) is 0 Å². The van der Waals surface area contributed by atoms with Crippen LogP contribution in [-0.4, -0.2) is 19.5 Å². The molecule has 3 aromatic heterocycles. The van der Waals surface area contributed by atoms with Crippen LogP contribution < -0.4 is 0 Å². The zero-order valence-corrected chi connectivity index (χ0v) is 35.6. The molecule has 0 amide bonds. The average Bonchev–Trinajstić information content (AvgIpc) is 3.94. The lowest BCUT2D eigenvalue weighted by Gasteiger charge is -2.17. The lowest BCUT2D eigenvalue weighted by atomic mass is 9.94. The van der Waals surface area contributed by atoms with Gasteiger partial charge in [0, 0.05) is 43.9 Å². The molecule has 66 heavy (non-hydrogen) atoms. The van der Waals surface area contributed by atoms with Crippen molar-refractivity contribution in [2.75, 3.05) is 0 Å². The Bertz CT molecular complexity index is 3900. The molecule has 0 aliphatic rings. The van der Waals surface area contributed by atoms with E-state index in [2.05, 4.69) is 211 Å². The maximum absolute atomic E-state index is 6.54. The fraction of sp³-hybridized carbons (Fsp3) is 0. The van der Waals surface area contributed by atoms with Gasteiger partial charge in [0.15, 0.2) is 17.5 Å². The monoisotopic (exact) mass is 842 g/mol. The fourth-order valence-electron chi connectivity index (χ4n) is 9.85. The van der Waals surface area contributed by atoms with E-state index in [0.717, 1.165) is 88.7 Å². The van der Waals surface area contributed by atoms with Crippen LogP contribution in [0.2, 0.25) is 0 Å². The number of furan rings is 1. The van der Waals surface area contributed by atoms with Crippen LogP contribution in [0.15, 0.2) is 235 Å². The molecule has 0 saturated heterocycles. The third kappa shape index (κ3) is 6.21. The number of benzene rings is 10. The number of fused-ring (bicyclic) bond motifs is 7. The highest BCUT2D eigenvalue weighted by Gasteiger charge is 2.23. The number of hydrogen-bond acceptors (Lipinski definition) is 4. The highest BCUT2D eigenvalue weighted by Crippen LogP contribution is 2.44. The highest BCUT2D eigenvalue weighted by atomic mass is 16.3. The van der Waals surface area contributed by atoms with E-state index >= 15 is 0 Å². The second kappa shape index (κ2) is 15.4. The molecule has 3 heterocycles. The number of rotatable bonds is 7. The molecular formula is C61H38N4O. The van der Waals surface area contributed by atoms with E-state index in [1.165, 1.54) is 21.5 Å². The van der Waals surface area contributed by atoms with Crippen molar-refractivity contribution in [3.8, 4) is 73.2 Å². The molecule has 10 aromatic carbocycles. The van der Waals surface area contributed by atoms with Gasteiger partial charge >= 0.3 is 0 Å². The summed E-state index contributed by atoms with van der Waals surface area (Å²) in [5.74, 6) is 1.75. The lowest BCUT2D eigenvalue weighted by Crippen LogP contribution is -2.03. The SMILES string of the molecule is c1ccc(-c2ccccc2-c2nc(-c3ccccc3-c3ccccc3)nc(-c3ccc(-n4c5ccccc5c5cc6ccccc6cc54)cc3-c3cccc4oc5ccccc5c34)n2)cc1. The summed E-state index contributed by atoms with van der Waals surface area (Å²) in [6.07, 6.45) is 0. The summed E-state index contributed by atoms with van der Waals surface area (Å²) in [6, 6.07) is 81.0. The first-order valence-corrected chi connectivity index (χ1v) is 22.3. The van der Waals surface area contributed by atoms with Gasteiger partial charge in [0.1, 0.15) is 11.2 Å². The van der Waals surface area contributed by atoms with E-state index in [9.17, 15) is 0 Å². The van der Waals surface area contributed by atoms with Gasteiger partial charge in [-0.25, -0.2) is 15.0 Å². The van der Waals surface area contributed by atoms with E-state index in [4.69, 9.17) is 19.4 Å². The molecule has 0 bridgehead atoms. The van der Waals surface area contributed by atoms with Crippen molar-refractivity contribution in [1.29, 1.82) is 0 Å². The molecule has 0 atom stereocenters. The Kier molecular flexibility index (Phi) is 8.78. The standard InChI is InChI=1S/C61H38N4O/c1-3-18-39(19-4-1)44-24-9-11-27-48(44)59-62-60(49-28-12-10-25-45(49)40-20-5-2-6-21-40)64-61(63-59)50-35-34-43(38-52(50)47-30-17-33-57-58(47)51-29-14-16-32-56(51)66-57)65-54-31-15-13-26-46(54)53-36-41-22-7-8-23-42(41)37-55(53)65/h1-38H. The van der Waals surface area contributed by atoms with Crippen LogP contribution in [0, 0.1) is 0 Å². The van der Waals surface area contributed by atoms with Crippen molar-refractivity contribution in [3.63, 3.8) is 0 Å².